The Morgan fingerprint density at radius 1 is 1.64 bits per heavy atom. The van der Waals surface area contributed by atoms with Crippen molar-refractivity contribution in [2.45, 2.75) is 38.6 Å². The van der Waals surface area contributed by atoms with Gasteiger partial charge in [0.1, 0.15) is 6.04 Å². The Labute approximate surface area is 84.3 Å². The van der Waals surface area contributed by atoms with Gasteiger partial charge >= 0.3 is 5.97 Å². The van der Waals surface area contributed by atoms with Crippen LogP contribution in [0.2, 0.25) is 0 Å². The van der Waals surface area contributed by atoms with Crippen LogP contribution in [0.4, 0.5) is 0 Å². The Morgan fingerprint density at radius 2 is 2.36 bits per heavy atom. The van der Waals surface area contributed by atoms with Crippen LogP contribution in [0.5, 0.6) is 0 Å². The van der Waals surface area contributed by atoms with Gasteiger partial charge in [-0.25, -0.2) is 0 Å². The van der Waals surface area contributed by atoms with Gasteiger partial charge in [-0.3, -0.25) is 4.79 Å². The SMILES string of the molecule is CCOC(=O)C(N)CC1CC1=C1CC1. The van der Waals surface area contributed by atoms with E-state index in [1.807, 2.05) is 0 Å². The average molecular weight is 195 g/mol. The summed E-state index contributed by atoms with van der Waals surface area (Å²) in [4.78, 5) is 11.2. The van der Waals surface area contributed by atoms with E-state index in [9.17, 15) is 4.79 Å². The van der Waals surface area contributed by atoms with Gasteiger partial charge in [-0.15, -0.1) is 0 Å². The topological polar surface area (TPSA) is 52.3 Å². The minimum Gasteiger partial charge on any atom is -0.465 e. The average Bonchev–Trinajstić information content (AvgIpc) is 2.97. The lowest BCUT2D eigenvalue weighted by Crippen LogP contribution is -2.32. The minimum atomic E-state index is -0.420. The molecule has 2 aliphatic carbocycles. The molecule has 2 fully saturated rings. The van der Waals surface area contributed by atoms with Crippen LogP contribution in [-0.2, 0) is 9.53 Å². The normalized spacial score (nSPS) is 26.0. The number of carbonyl (C=O) groups excluding carboxylic acids is 1. The number of carbonyl (C=O) groups is 1. The van der Waals surface area contributed by atoms with Crippen molar-refractivity contribution in [3.63, 3.8) is 0 Å². The summed E-state index contributed by atoms with van der Waals surface area (Å²) in [6.07, 6.45) is 4.50. The summed E-state index contributed by atoms with van der Waals surface area (Å²) in [7, 11) is 0. The molecule has 0 aromatic rings. The van der Waals surface area contributed by atoms with Gasteiger partial charge in [0.2, 0.25) is 0 Å². The van der Waals surface area contributed by atoms with Crippen molar-refractivity contribution in [2.24, 2.45) is 11.7 Å². The lowest BCUT2D eigenvalue weighted by molar-refractivity contribution is -0.144. The number of hydrogen-bond donors (Lipinski definition) is 1. The maximum atomic E-state index is 11.2. The molecule has 2 N–H and O–H groups in total. The molecule has 0 aromatic carbocycles. The third-order valence-electron chi connectivity index (χ3n) is 2.88. The van der Waals surface area contributed by atoms with E-state index in [1.165, 1.54) is 19.3 Å². The fourth-order valence-corrected chi connectivity index (χ4v) is 1.90. The molecule has 14 heavy (non-hydrogen) atoms. The van der Waals surface area contributed by atoms with Crippen LogP contribution in [-0.4, -0.2) is 18.6 Å². The first-order valence-electron chi connectivity index (χ1n) is 5.35. The van der Waals surface area contributed by atoms with E-state index in [1.54, 1.807) is 18.1 Å². The Hall–Kier alpha value is -0.830. The number of rotatable bonds is 4. The molecule has 3 heteroatoms. The van der Waals surface area contributed by atoms with Gasteiger partial charge in [-0.1, -0.05) is 11.1 Å². The second-order valence-corrected chi connectivity index (χ2v) is 4.12. The molecule has 2 unspecified atom stereocenters. The molecule has 2 saturated carbocycles. The summed E-state index contributed by atoms with van der Waals surface area (Å²) in [6, 6.07) is -0.420. The first kappa shape index (κ1) is 9.71. The fraction of sp³-hybridized carbons (Fsp3) is 0.727. The Morgan fingerprint density at radius 3 is 2.93 bits per heavy atom. The maximum Gasteiger partial charge on any atom is 0.322 e. The molecule has 2 aliphatic rings. The number of nitrogens with two attached hydrogens (primary N) is 1. The zero-order chi connectivity index (χ0) is 10.1. The fourth-order valence-electron chi connectivity index (χ4n) is 1.90. The highest BCUT2D eigenvalue weighted by molar-refractivity contribution is 5.75. The van der Waals surface area contributed by atoms with Crippen molar-refractivity contribution in [3.8, 4) is 0 Å². The van der Waals surface area contributed by atoms with Gasteiger partial charge in [-0.2, -0.15) is 0 Å². The standard InChI is InChI=1S/C11H17NO2/c1-2-14-11(13)10(12)6-8-5-9(8)7-3-4-7/h8,10H,2-6,12H2,1H3. The molecule has 78 valence electrons. The van der Waals surface area contributed by atoms with Crippen LogP contribution >= 0.6 is 0 Å². The van der Waals surface area contributed by atoms with E-state index in [0.29, 0.717) is 12.5 Å². The molecule has 0 amide bonds. The third-order valence-corrected chi connectivity index (χ3v) is 2.88. The van der Waals surface area contributed by atoms with Crippen molar-refractivity contribution < 1.29 is 9.53 Å². The van der Waals surface area contributed by atoms with Gasteiger partial charge in [0, 0.05) is 0 Å². The molecule has 0 radical (unpaired) electrons. The quantitative estimate of drug-likeness (QED) is 0.544. The van der Waals surface area contributed by atoms with Crippen molar-refractivity contribution in [3.05, 3.63) is 11.1 Å². The molecule has 2 atom stereocenters. The second-order valence-electron chi connectivity index (χ2n) is 4.12. The van der Waals surface area contributed by atoms with Crippen LogP contribution in [0.1, 0.15) is 32.6 Å². The molecule has 0 heterocycles. The Balaban J connectivity index is 1.76. The summed E-state index contributed by atoms with van der Waals surface area (Å²) in [5, 5.41) is 0. The van der Waals surface area contributed by atoms with E-state index in [2.05, 4.69) is 0 Å². The maximum absolute atomic E-state index is 11.2. The molecule has 0 spiro atoms. The van der Waals surface area contributed by atoms with Crippen LogP contribution < -0.4 is 5.73 Å². The molecule has 0 bridgehead atoms. The van der Waals surface area contributed by atoms with E-state index < -0.39 is 6.04 Å². The van der Waals surface area contributed by atoms with E-state index >= 15 is 0 Å². The first-order chi connectivity index (χ1) is 6.72. The van der Waals surface area contributed by atoms with Crippen LogP contribution in [0.3, 0.4) is 0 Å². The van der Waals surface area contributed by atoms with Crippen molar-refractivity contribution in [1.82, 2.24) is 0 Å². The minimum absolute atomic E-state index is 0.250. The van der Waals surface area contributed by atoms with Gasteiger partial charge < -0.3 is 10.5 Å². The number of hydrogen-bond acceptors (Lipinski definition) is 3. The molecule has 2 rings (SSSR count). The lowest BCUT2D eigenvalue weighted by Gasteiger charge is -2.08. The molecule has 3 nitrogen and oxygen atoms in total. The predicted molar refractivity (Wildman–Crippen MR) is 53.6 cm³/mol. The van der Waals surface area contributed by atoms with Crippen molar-refractivity contribution >= 4 is 5.97 Å². The molecule has 0 saturated heterocycles. The van der Waals surface area contributed by atoms with Crippen molar-refractivity contribution in [2.75, 3.05) is 6.61 Å². The molecular weight excluding hydrogens is 178 g/mol. The number of esters is 1. The van der Waals surface area contributed by atoms with Gasteiger partial charge in [0.25, 0.3) is 0 Å². The van der Waals surface area contributed by atoms with Crippen molar-refractivity contribution in [1.29, 1.82) is 0 Å². The predicted octanol–water partition coefficient (Wildman–Crippen LogP) is 1.38. The van der Waals surface area contributed by atoms with E-state index in [0.717, 1.165) is 6.42 Å². The lowest BCUT2D eigenvalue weighted by atomic mass is 10.1. The first-order valence-corrected chi connectivity index (χ1v) is 5.35. The largest absolute Gasteiger partial charge is 0.465 e. The summed E-state index contributed by atoms with van der Waals surface area (Å²) in [5.74, 6) is 0.339. The summed E-state index contributed by atoms with van der Waals surface area (Å²) >= 11 is 0. The molecular formula is C11H17NO2. The highest BCUT2D eigenvalue weighted by Gasteiger charge is 2.38. The number of ether oxygens (including phenoxy) is 1. The molecule has 0 aromatic heterocycles. The highest BCUT2D eigenvalue weighted by atomic mass is 16.5. The Kier molecular flexibility index (Phi) is 2.59. The summed E-state index contributed by atoms with van der Waals surface area (Å²) in [6.45, 7) is 2.23. The molecule has 0 aliphatic heterocycles. The van der Waals surface area contributed by atoms with Gasteiger partial charge in [-0.05, 0) is 38.5 Å². The van der Waals surface area contributed by atoms with Gasteiger partial charge in [0.15, 0.2) is 0 Å². The highest BCUT2D eigenvalue weighted by Crippen LogP contribution is 2.50. The van der Waals surface area contributed by atoms with Gasteiger partial charge in [0.05, 0.1) is 6.61 Å². The smallest absolute Gasteiger partial charge is 0.322 e. The zero-order valence-corrected chi connectivity index (χ0v) is 8.58. The van der Waals surface area contributed by atoms with E-state index in [4.69, 9.17) is 10.5 Å². The summed E-state index contributed by atoms with van der Waals surface area (Å²) < 4.78 is 4.86. The number of allylic oxidation sites excluding steroid dienone is 2. The Bertz CT molecular complexity index is 277. The van der Waals surface area contributed by atoms with Crippen LogP contribution in [0.25, 0.3) is 0 Å². The van der Waals surface area contributed by atoms with E-state index in [-0.39, 0.29) is 5.97 Å². The zero-order valence-electron chi connectivity index (χ0n) is 8.58. The van der Waals surface area contributed by atoms with Crippen LogP contribution in [0.15, 0.2) is 11.1 Å². The van der Waals surface area contributed by atoms with Crippen LogP contribution in [0, 0.1) is 5.92 Å². The monoisotopic (exact) mass is 195 g/mol. The summed E-state index contributed by atoms with van der Waals surface area (Å²) in [5.41, 5.74) is 8.92. The second kappa shape index (κ2) is 3.73. The third kappa shape index (κ3) is 2.15.